The van der Waals surface area contributed by atoms with Crippen LogP contribution in [0.25, 0.3) is 0 Å². The molecule has 2 aromatic carbocycles. The third-order valence-corrected chi connectivity index (χ3v) is 3.66. The lowest BCUT2D eigenvalue weighted by molar-refractivity contribution is 0.101. The van der Waals surface area contributed by atoms with Gasteiger partial charge in [-0.15, -0.1) is 0 Å². The Morgan fingerprint density at radius 3 is 2.50 bits per heavy atom. The molecule has 0 radical (unpaired) electrons. The maximum atomic E-state index is 13.2. The second-order valence-corrected chi connectivity index (χ2v) is 5.17. The third kappa shape index (κ3) is 3.03. The maximum Gasteiger partial charge on any atom is 0.160 e. The van der Waals surface area contributed by atoms with Crippen molar-refractivity contribution < 1.29 is 13.6 Å². The molecule has 0 amide bonds. The highest BCUT2D eigenvalue weighted by atomic mass is 32.2. The lowest BCUT2D eigenvalue weighted by Crippen LogP contribution is -1.96. The van der Waals surface area contributed by atoms with Gasteiger partial charge in [0.25, 0.3) is 0 Å². The molecule has 0 saturated heterocycles. The number of ketones is 1. The fourth-order valence-electron chi connectivity index (χ4n) is 1.63. The monoisotopic (exact) mass is 289 g/mol. The first-order valence-corrected chi connectivity index (χ1v) is 6.51. The quantitative estimate of drug-likeness (QED) is 0.795. The van der Waals surface area contributed by atoms with Crippen LogP contribution in [0, 0.1) is 23.0 Å². The highest BCUT2D eigenvalue weighted by Gasteiger charge is 2.11. The topological polar surface area (TPSA) is 40.9 Å². The van der Waals surface area contributed by atoms with Crippen LogP contribution < -0.4 is 0 Å². The molecule has 0 aliphatic rings. The van der Waals surface area contributed by atoms with Crippen molar-refractivity contribution in [3.63, 3.8) is 0 Å². The van der Waals surface area contributed by atoms with Gasteiger partial charge in [-0.2, -0.15) is 5.26 Å². The van der Waals surface area contributed by atoms with Gasteiger partial charge in [0.2, 0.25) is 0 Å². The average Bonchev–Trinajstić information content (AvgIpc) is 2.42. The molecule has 0 atom stereocenters. The fourth-order valence-corrected chi connectivity index (χ4v) is 2.69. The van der Waals surface area contributed by atoms with Crippen LogP contribution in [0.1, 0.15) is 22.8 Å². The predicted octanol–water partition coefficient (Wildman–Crippen LogP) is 4.19. The van der Waals surface area contributed by atoms with Gasteiger partial charge in [0.1, 0.15) is 0 Å². The maximum absolute atomic E-state index is 13.2. The Balaban J connectivity index is 2.43. The summed E-state index contributed by atoms with van der Waals surface area (Å²) in [5.74, 6) is -2.03. The zero-order valence-corrected chi connectivity index (χ0v) is 11.3. The van der Waals surface area contributed by atoms with Gasteiger partial charge in [-0.3, -0.25) is 4.79 Å². The molecule has 0 aliphatic carbocycles. The number of nitrogens with zero attached hydrogens (tertiary/aromatic N) is 1. The highest BCUT2D eigenvalue weighted by molar-refractivity contribution is 7.99. The number of halogens is 2. The number of benzene rings is 2. The average molecular weight is 289 g/mol. The number of hydrogen-bond donors (Lipinski definition) is 0. The summed E-state index contributed by atoms with van der Waals surface area (Å²) in [4.78, 5) is 12.6. The van der Waals surface area contributed by atoms with Crippen LogP contribution in [0.4, 0.5) is 8.78 Å². The zero-order valence-electron chi connectivity index (χ0n) is 10.5. The number of carbonyl (C=O) groups is 1. The van der Waals surface area contributed by atoms with Gasteiger partial charge in [0, 0.05) is 15.4 Å². The molecule has 2 aromatic rings. The van der Waals surface area contributed by atoms with Crippen molar-refractivity contribution in [1.29, 1.82) is 5.26 Å². The minimum Gasteiger partial charge on any atom is -0.294 e. The Hall–Kier alpha value is -2.19. The van der Waals surface area contributed by atoms with E-state index < -0.39 is 11.6 Å². The summed E-state index contributed by atoms with van der Waals surface area (Å²) >= 11 is 1.12. The van der Waals surface area contributed by atoms with Gasteiger partial charge >= 0.3 is 0 Å². The van der Waals surface area contributed by atoms with E-state index in [1.807, 2.05) is 6.07 Å². The molecule has 5 heteroatoms. The van der Waals surface area contributed by atoms with Crippen LogP contribution in [0.5, 0.6) is 0 Å². The Morgan fingerprint density at radius 1 is 1.15 bits per heavy atom. The summed E-state index contributed by atoms with van der Waals surface area (Å²) < 4.78 is 26.1. The molecule has 0 spiro atoms. The van der Waals surface area contributed by atoms with Gasteiger partial charge in [-0.05, 0) is 43.3 Å². The minimum atomic E-state index is -0.948. The summed E-state index contributed by atoms with van der Waals surface area (Å²) in [6.45, 7) is 1.41. The van der Waals surface area contributed by atoms with Crippen LogP contribution in [0.3, 0.4) is 0 Å². The summed E-state index contributed by atoms with van der Waals surface area (Å²) in [5.41, 5.74) is 0.846. The lowest BCUT2D eigenvalue weighted by Gasteiger charge is -2.07. The van der Waals surface area contributed by atoms with Crippen LogP contribution in [0.2, 0.25) is 0 Å². The van der Waals surface area contributed by atoms with Gasteiger partial charge in [-0.25, -0.2) is 8.78 Å². The second kappa shape index (κ2) is 5.85. The normalized spacial score (nSPS) is 10.1. The molecule has 0 fully saturated rings. The Bertz CT molecular complexity index is 722. The fraction of sp³-hybridized carbons (Fsp3) is 0.0667. The first kappa shape index (κ1) is 14.2. The Kier molecular flexibility index (Phi) is 4.16. The minimum absolute atomic E-state index is 0.153. The molecule has 0 aliphatic heterocycles. The van der Waals surface area contributed by atoms with Gasteiger partial charge in [-0.1, -0.05) is 11.8 Å². The molecule has 0 N–H and O–H groups in total. The SMILES string of the molecule is CC(=O)c1ccc(C#N)cc1Sc1ccc(F)c(F)c1. The largest absolute Gasteiger partial charge is 0.294 e. The summed E-state index contributed by atoms with van der Waals surface area (Å²) in [7, 11) is 0. The molecule has 0 saturated carbocycles. The number of hydrogen-bond acceptors (Lipinski definition) is 3. The molecular formula is C15H9F2NOS. The second-order valence-electron chi connectivity index (χ2n) is 4.06. The van der Waals surface area contributed by atoms with Crippen molar-refractivity contribution in [3.05, 3.63) is 59.2 Å². The lowest BCUT2D eigenvalue weighted by atomic mass is 10.1. The van der Waals surface area contributed by atoms with Crippen molar-refractivity contribution in [2.45, 2.75) is 16.7 Å². The van der Waals surface area contributed by atoms with Crippen molar-refractivity contribution in [2.75, 3.05) is 0 Å². The third-order valence-electron chi connectivity index (χ3n) is 2.61. The van der Waals surface area contributed by atoms with E-state index in [9.17, 15) is 13.6 Å². The standard InChI is InChI=1S/C15H9F2NOS/c1-9(19)12-4-2-10(8-18)6-15(12)20-11-3-5-13(16)14(17)7-11/h2-7H,1H3. The van der Waals surface area contributed by atoms with Gasteiger partial charge in [0.05, 0.1) is 11.6 Å². The number of nitriles is 1. The molecule has 0 unspecified atom stereocenters. The van der Waals surface area contributed by atoms with E-state index in [-0.39, 0.29) is 5.78 Å². The van der Waals surface area contributed by atoms with E-state index >= 15 is 0 Å². The molecule has 100 valence electrons. The highest BCUT2D eigenvalue weighted by Crippen LogP contribution is 2.32. The van der Waals surface area contributed by atoms with E-state index in [4.69, 9.17) is 5.26 Å². The van der Waals surface area contributed by atoms with Crippen LogP contribution in [-0.4, -0.2) is 5.78 Å². The van der Waals surface area contributed by atoms with E-state index in [0.717, 1.165) is 23.9 Å². The summed E-state index contributed by atoms with van der Waals surface area (Å²) in [5, 5.41) is 8.88. The molecular weight excluding hydrogens is 280 g/mol. The number of carbonyl (C=O) groups excluding carboxylic acids is 1. The van der Waals surface area contributed by atoms with E-state index in [1.165, 1.54) is 13.0 Å². The number of rotatable bonds is 3. The molecule has 20 heavy (non-hydrogen) atoms. The Morgan fingerprint density at radius 2 is 1.90 bits per heavy atom. The summed E-state index contributed by atoms with van der Waals surface area (Å²) in [6.07, 6.45) is 0. The van der Waals surface area contributed by atoms with Crippen molar-refractivity contribution in [3.8, 4) is 6.07 Å². The first-order valence-electron chi connectivity index (χ1n) is 5.69. The zero-order chi connectivity index (χ0) is 14.7. The van der Waals surface area contributed by atoms with Gasteiger partial charge in [0.15, 0.2) is 17.4 Å². The predicted molar refractivity (Wildman–Crippen MR) is 71.6 cm³/mol. The molecule has 2 rings (SSSR count). The van der Waals surface area contributed by atoms with Crippen LogP contribution in [-0.2, 0) is 0 Å². The van der Waals surface area contributed by atoms with Crippen molar-refractivity contribution in [2.24, 2.45) is 0 Å². The summed E-state index contributed by atoms with van der Waals surface area (Å²) in [6, 6.07) is 10.2. The van der Waals surface area contributed by atoms with E-state index in [1.54, 1.807) is 18.2 Å². The molecule has 0 aromatic heterocycles. The van der Waals surface area contributed by atoms with Gasteiger partial charge < -0.3 is 0 Å². The van der Waals surface area contributed by atoms with Crippen LogP contribution in [0.15, 0.2) is 46.2 Å². The molecule has 0 bridgehead atoms. The smallest absolute Gasteiger partial charge is 0.160 e. The molecule has 0 heterocycles. The van der Waals surface area contributed by atoms with E-state index in [2.05, 4.69) is 0 Å². The molecule has 2 nitrogen and oxygen atoms in total. The van der Waals surface area contributed by atoms with Crippen LogP contribution >= 0.6 is 11.8 Å². The number of Topliss-reactive ketones (excluding diaryl/α,β-unsaturated/α-hetero) is 1. The van der Waals surface area contributed by atoms with Crippen molar-refractivity contribution >= 4 is 17.5 Å². The van der Waals surface area contributed by atoms with E-state index in [0.29, 0.717) is 20.9 Å². The first-order chi connectivity index (χ1) is 9.51. The Labute approximate surface area is 119 Å². The van der Waals surface area contributed by atoms with Crippen molar-refractivity contribution in [1.82, 2.24) is 0 Å².